The Hall–Kier alpha value is -2.70. The summed E-state index contributed by atoms with van der Waals surface area (Å²) in [4.78, 5) is 23.1. The van der Waals surface area contributed by atoms with E-state index in [0.29, 0.717) is 27.1 Å². The largest absolute Gasteiger partial charge is 0.274 e. The fourth-order valence-electron chi connectivity index (χ4n) is 2.64. The molecule has 1 aromatic carbocycles. The Morgan fingerprint density at radius 1 is 1.24 bits per heavy atom. The van der Waals surface area contributed by atoms with E-state index in [0.717, 1.165) is 0 Å². The first-order valence-electron chi connectivity index (χ1n) is 8.96. The molecule has 29 heavy (non-hydrogen) atoms. The zero-order valence-electron chi connectivity index (χ0n) is 15.8. The first kappa shape index (κ1) is 21.0. The van der Waals surface area contributed by atoms with Gasteiger partial charge in [0.25, 0.3) is 0 Å². The SMILES string of the molecule is CC=CC=CC=C1CC(=O)N(c2cccnc2)C(SCc2c(F)cccc2Cl)=N1. The van der Waals surface area contributed by atoms with Gasteiger partial charge in [-0.1, -0.05) is 53.7 Å². The Labute approximate surface area is 178 Å². The highest BCUT2D eigenvalue weighted by Crippen LogP contribution is 2.31. The number of amides is 1. The zero-order valence-corrected chi connectivity index (χ0v) is 17.3. The quantitative estimate of drug-likeness (QED) is 0.556. The molecule has 0 bridgehead atoms. The highest BCUT2D eigenvalue weighted by atomic mass is 35.5. The van der Waals surface area contributed by atoms with Gasteiger partial charge in [-0.25, -0.2) is 9.38 Å². The number of pyridine rings is 1. The number of hydrogen-bond donors (Lipinski definition) is 0. The van der Waals surface area contributed by atoms with Crippen LogP contribution in [0.2, 0.25) is 5.02 Å². The van der Waals surface area contributed by atoms with E-state index in [9.17, 15) is 9.18 Å². The van der Waals surface area contributed by atoms with Crippen LogP contribution in [0.5, 0.6) is 0 Å². The van der Waals surface area contributed by atoms with E-state index in [1.54, 1.807) is 42.7 Å². The monoisotopic (exact) mass is 427 g/mol. The van der Waals surface area contributed by atoms with E-state index in [4.69, 9.17) is 11.6 Å². The predicted octanol–water partition coefficient (Wildman–Crippen LogP) is 5.92. The van der Waals surface area contributed by atoms with Crippen LogP contribution >= 0.6 is 23.4 Å². The average molecular weight is 428 g/mol. The molecule has 1 aromatic heterocycles. The average Bonchev–Trinajstić information content (AvgIpc) is 2.71. The summed E-state index contributed by atoms with van der Waals surface area (Å²) in [5.74, 6) is -0.262. The molecule has 0 spiro atoms. The van der Waals surface area contributed by atoms with Crippen molar-refractivity contribution in [3.8, 4) is 0 Å². The fraction of sp³-hybridized carbons (Fsp3) is 0.136. The molecule has 1 aliphatic heterocycles. The van der Waals surface area contributed by atoms with Crippen LogP contribution in [-0.2, 0) is 10.5 Å². The molecule has 0 saturated carbocycles. The Morgan fingerprint density at radius 2 is 2.10 bits per heavy atom. The molecule has 2 heterocycles. The second kappa shape index (κ2) is 10.2. The molecular weight excluding hydrogens is 409 g/mol. The number of carbonyl (C=O) groups excluding carboxylic acids is 1. The lowest BCUT2D eigenvalue weighted by Crippen LogP contribution is -2.38. The van der Waals surface area contributed by atoms with Gasteiger partial charge in [-0.05, 0) is 37.3 Å². The van der Waals surface area contributed by atoms with Crippen LogP contribution in [0.3, 0.4) is 0 Å². The van der Waals surface area contributed by atoms with E-state index in [2.05, 4.69) is 9.98 Å². The summed E-state index contributed by atoms with van der Waals surface area (Å²) in [6.45, 7) is 1.92. The van der Waals surface area contributed by atoms with Crippen LogP contribution < -0.4 is 4.90 Å². The minimum atomic E-state index is -0.384. The molecule has 0 saturated heterocycles. The van der Waals surface area contributed by atoms with E-state index in [-0.39, 0.29) is 23.9 Å². The topological polar surface area (TPSA) is 45.6 Å². The number of halogens is 2. The molecule has 0 fully saturated rings. The number of rotatable bonds is 5. The number of aliphatic imine (C=N–C) groups is 1. The predicted molar refractivity (Wildman–Crippen MR) is 119 cm³/mol. The van der Waals surface area contributed by atoms with Crippen LogP contribution in [0.4, 0.5) is 10.1 Å². The van der Waals surface area contributed by atoms with Gasteiger partial charge < -0.3 is 0 Å². The number of nitrogens with zero attached hydrogens (tertiary/aromatic N) is 3. The molecule has 7 heteroatoms. The summed E-state index contributed by atoms with van der Waals surface area (Å²) in [6, 6.07) is 8.12. The number of thioether (sulfide) groups is 1. The summed E-state index contributed by atoms with van der Waals surface area (Å²) in [5.41, 5.74) is 1.63. The molecule has 0 unspecified atom stereocenters. The third-order valence-electron chi connectivity index (χ3n) is 4.03. The summed E-state index contributed by atoms with van der Waals surface area (Å²) in [6.07, 6.45) is 12.7. The third-order valence-corrected chi connectivity index (χ3v) is 5.35. The Bertz CT molecular complexity index is 982. The maximum Gasteiger partial charge on any atom is 0.239 e. The lowest BCUT2D eigenvalue weighted by Gasteiger charge is -2.27. The number of allylic oxidation sites excluding steroid dienone is 5. The minimum Gasteiger partial charge on any atom is -0.274 e. The smallest absolute Gasteiger partial charge is 0.239 e. The van der Waals surface area contributed by atoms with Crippen molar-refractivity contribution < 1.29 is 9.18 Å². The van der Waals surface area contributed by atoms with Gasteiger partial charge in [0.15, 0.2) is 5.17 Å². The normalized spacial score (nSPS) is 16.2. The second-order valence-corrected chi connectivity index (χ2v) is 7.42. The number of benzene rings is 1. The minimum absolute atomic E-state index is 0.124. The molecule has 1 aliphatic rings. The lowest BCUT2D eigenvalue weighted by molar-refractivity contribution is -0.117. The standard InChI is InChI=1S/C22H19ClFN3OS/c1-2-3-4-5-8-16-13-21(28)27(17-9-7-12-25-14-17)22(26-16)29-15-18-19(23)10-6-11-20(18)24/h2-12,14H,13,15H2,1H3. The third kappa shape index (κ3) is 5.43. The van der Waals surface area contributed by atoms with E-state index < -0.39 is 0 Å². The van der Waals surface area contributed by atoms with Crippen molar-refractivity contribution in [2.45, 2.75) is 19.1 Å². The van der Waals surface area contributed by atoms with Crippen LogP contribution in [0.25, 0.3) is 0 Å². The first-order valence-corrected chi connectivity index (χ1v) is 10.3. The number of carbonyl (C=O) groups is 1. The van der Waals surface area contributed by atoms with Gasteiger partial charge in [0.05, 0.1) is 24.0 Å². The molecule has 2 aromatic rings. The van der Waals surface area contributed by atoms with Gasteiger partial charge in [0.2, 0.25) is 5.91 Å². The molecule has 0 atom stereocenters. The molecule has 0 N–H and O–H groups in total. The van der Waals surface area contributed by atoms with E-state index in [1.807, 2.05) is 31.2 Å². The number of hydrogen-bond acceptors (Lipinski definition) is 4. The van der Waals surface area contributed by atoms with Gasteiger partial charge >= 0.3 is 0 Å². The van der Waals surface area contributed by atoms with Crippen LogP contribution in [0.1, 0.15) is 18.9 Å². The van der Waals surface area contributed by atoms with Crippen molar-refractivity contribution in [2.75, 3.05) is 4.90 Å². The van der Waals surface area contributed by atoms with Crippen molar-refractivity contribution >= 4 is 40.1 Å². The Balaban J connectivity index is 1.93. The van der Waals surface area contributed by atoms with E-state index in [1.165, 1.54) is 22.7 Å². The fourth-order valence-corrected chi connectivity index (χ4v) is 4.03. The van der Waals surface area contributed by atoms with Gasteiger partial charge in [0.1, 0.15) is 5.82 Å². The van der Waals surface area contributed by atoms with Crippen LogP contribution in [0.15, 0.2) is 83.8 Å². The molecule has 0 aliphatic carbocycles. The molecule has 148 valence electrons. The van der Waals surface area contributed by atoms with Gasteiger partial charge in [-0.3, -0.25) is 14.7 Å². The maximum absolute atomic E-state index is 14.2. The molecular formula is C22H19ClFN3OS. The van der Waals surface area contributed by atoms with Crippen LogP contribution in [-0.4, -0.2) is 16.1 Å². The van der Waals surface area contributed by atoms with E-state index >= 15 is 0 Å². The molecule has 4 nitrogen and oxygen atoms in total. The summed E-state index contributed by atoms with van der Waals surface area (Å²) in [5, 5.41) is 0.803. The van der Waals surface area contributed by atoms with Crippen molar-refractivity contribution in [3.63, 3.8) is 0 Å². The van der Waals surface area contributed by atoms with Crippen molar-refractivity contribution in [1.29, 1.82) is 0 Å². The summed E-state index contributed by atoms with van der Waals surface area (Å²) >= 11 is 7.40. The zero-order chi connectivity index (χ0) is 20.6. The summed E-state index contributed by atoms with van der Waals surface area (Å²) in [7, 11) is 0. The Kier molecular flexibility index (Phi) is 7.38. The van der Waals surface area contributed by atoms with Gasteiger partial charge in [-0.15, -0.1) is 0 Å². The number of aromatic nitrogens is 1. The van der Waals surface area contributed by atoms with Gasteiger partial charge in [-0.2, -0.15) is 0 Å². The number of anilines is 1. The number of amidine groups is 1. The molecule has 1 amide bonds. The second-order valence-electron chi connectivity index (χ2n) is 6.07. The van der Waals surface area contributed by atoms with Gasteiger partial charge in [0, 0.05) is 22.5 Å². The Morgan fingerprint density at radius 3 is 2.83 bits per heavy atom. The molecule has 0 radical (unpaired) electrons. The van der Waals surface area contributed by atoms with Crippen molar-refractivity contribution in [1.82, 2.24) is 4.98 Å². The van der Waals surface area contributed by atoms with Crippen LogP contribution in [0, 0.1) is 5.82 Å². The van der Waals surface area contributed by atoms with Crippen molar-refractivity contribution in [3.05, 3.63) is 95.2 Å². The molecule has 3 rings (SSSR count). The maximum atomic E-state index is 14.2. The first-order chi connectivity index (χ1) is 14.1. The highest BCUT2D eigenvalue weighted by Gasteiger charge is 2.28. The van der Waals surface area contributed by atoms with Crippen molar-refractivity contribution in [2.24, 2.45) is 4.99 Å². The lowest BCUT2D eigenvalue weighted by atomic mass is 10.2. The highest BCUT2D eigenvalue weighted by molar-refractivity contribution is 8.13. The summed E-state index contributed by atoms with van der Waals surface area (Å²) < 4.78 is 14.2.